The third-order valence-corrected chi connectivity index (χ3v) is 7.88. The second kappa shape index (κ2) is 10.9. The lowest BCUT2D eigenvalue weighted by Gasteiger charge is -2.13. The van der Waals surface area contributed by atoms with Crippen LogP contribution < -0.4 is 5.32 Å². The quantitative estimate of drug-likeness (QED) is 0.377. The predicted octanol–water partition coefficient (Wildman–Crippen LogP) is 4.31. The van der Waals surface area contributed by atoms with Crippen LogP contribution in [0.15, 0.2) is 29.7 Å². The molecule has 4 rings (SSSR count). The zero-order valence-corrected chi connectivity index (χ0v) is 20.3. The molecule has 1 unspecified atom stereocenters. The molecule has 0 aromatic carbocycles. The number of pyridine rings is 1. The van der Waals surface area contributed by atoms with Gasteiger partial charge in [-0.25, -0.2) is 0 Å². The van der Waals surface area contributed by atoms with E-state index in [1.54, 1.807) is 30.8 Å². The minimum absolute atomic E-state index is 0.153. The molecule has 3 aromatic heterocycles. The van der Waals surface area contributed by atoms with Gasteiger partial charge in [-0.2, -0.15) is 5.26 Å². The van der Waals surface area contributed by atoms with E-state index in [-0.39, 0.29) is 5.91 Å². The number of methoxy groups -OCH3 is 1. The van der Waals surface area contributed by atoms with Crippen LogP contribution in [-0.4, -0.2) is 44.6 Å². The van der Waals surface area contributed by atoms with Crippen molar-refractivity contribution in [3.8, 4) is 17.5 Å². The van der Waals surface area contributed by atoms with Gasteiger partial charge in [-0.05, 0) is 50.3 Å². The molecule has 0 aliphatic heterocycles. The summed E-state index contributed by atoms with van der Waals surface area (Å²) < 4.78 is 7.22. The molecule has 3 heterocycles. The van der Waals surface area contributed by atoms with Gasteiger partial charge < -0.3 is 10.1 Å². The zero-order valence-electron chi connectivity index (χ0n) is 18.7. The van der Waals surface area contributed by atoms with Gasteiger partial charge in [-0.3, -0.25) is 14.3 Å². The number of rotatable bonds is 8. The number of carbonyl (C=O) groups is 1. The van der Waals surface area contributed by atoms with Gasteiger partial charge in [0, 0.05) is 29.9 Å². The second-order valence-corrected chi connectivity index (χ2v) is 10.2. The highest BCUT2D eigenvalue weighted by atomic mass is 32.2. The first-order chi connectivity index (χ1) is 16.1. The molecule has 3 aromatic rings. The number of thioether (sulfide) groups is 1. The van der Waals surface area contributed by atoms with Crippen molar-refractivity contribution in [3.63, 3.8) is 0 Å². The Balaban J connectivity index is 1.52. The lowest BCUT2D eigenvalue weighted by atomic mass is 10.1. The van der Waals surface area contributed by atoms with E-state index in [0.29, 0.717) is 34.7 Å². The number of carbonyl (C=O) groups excluding carboxylic acids is 1. The first-order valence-corrected chi connectivity index (χ1v) is 12.7. The number of ether oxygens (including phenoxy) is 1. The van der Waals surface area contributed by atoms with Crippen LogP contribution in [0.2, 0.25) is 0 Å². The molecule has 172 valence electrons. The molecule has 1 aliphatic rings. The van der Waals surface area contributed by atoms with Gasteiger partial charge in [0.1, 0.15) is 11.1 Å². The first kappa shape index (κ1) is 23.4. The molecular formula is C23H26N6O2S2. The normalized spacial score (nSPS) is 14.2. The molecule has 0 fully saturated rings. The highest BCUT2D eigenvalue weighted by Crippen LogP contribution is 2.37. The minimum Gasteiger partial charge on any atom is -0.383 e. The van der Waals surface area contributed by atoms with Crippen molar-refractivity contribution in [2.45, 2.75) is 56.0 Å². The van der Waals surface area contributed by atoms with Crippen LogP contribution in [-0.2, 0) is 28.9 Å². The van der Waals surface area contributed by atoms with Gasteiger partial charge in [0.05, 0.1) is 24.0 Å². The van der Waals surface area contributed by atoms with E-state index in [9.17, 15) is 10.1 Å². The number of nitrogens with zero attached hydrogens (tertiary/aromatic N) is 5. The zero-order chi connectivity index (χ0) is 23.2. The fourth-order valence-corrected chi connectivity index (χ4v) is 5.97. The Hall–Kier alpha value is -2.74. The summed E-state index contributed by atoms with van der Waals surface area (Å²) in [5, 5.41) is 22.3. The molecule has 10 heteroatoms. The number of hydrogen-bond donors (Lipinski definition) is 1. The summed E-state index contributed by atoms with van der Waals surface area (Å²) in [5.41, 5.74) is 2.65. The number of anilines is 1. The number of thiophene rings is 1. The minimum atomic E-state index is -0.422. The van der Waals surface area contributed by atoms with Gasteiger partial charge in [0.2, 0.25) is 5.91 Å². The van der Waals surface area contributed by atoms with Crippen molar-refractivity contribution in [2.24, 2.45) is 0 Å². The standard InChI is InChI=1S/C23H26N6O2S2/c1-15(21(30)26-22-18(14-24)17-6-4-3-5-7-19(17)33-22)32-23-28-27-20(29(23)12-13-31-2)16-8-10-25-11-9-16/h8-11,15H,3-7,12-13H2,1-2H3,(H,26,30). The van der Waals surface area contributed by atoms with E-state index >= 15 is 0 Å². The van der Waals surface area contributed by atoms with Crippen LogP contribution in [0.25, 0.3) is 11.4 Å². The largest absolute Gasteiger partial charge is 0.383 e. The van der Waals surface area contributed by atoms with Crippen molar-refractivity contribution in [3.05, 3.63) is 40.5 Å². The summed E-state index contributed by atoms with van der Waals surface area (Å²) in [5.74, 6) is 0.554. The maximum atomic E-state index is 13.0. The topological polar surface area (TPSA) is 106 Å². The lowest BCUT2D eigenvalue weighted by Crippen LogP contribution is -2.23. The number of aromatic nitrogens is 4. The highest BCUT2D eigenvalue weighted by molar-refractivity contribution is 8.00. The van der Waals surface area contributed by atoms with Crippen LogP contribution in [0.3, 0.4) is 0 Å². The van der Waals surface area contributed by atoms with Crippen LogP contribution in [0.1, 0.15) is 42.2 Å². The van der Waals surface area contributed by atoms with Crippen molar-refractivity contribution < 1.29 is 9.53 Å². The summed E-state index contributed by atoms with van der Waals surface area (Å²) in [6.07, 6.45) is 8.73. The fourth-order valence-electron chi connectivity index (χ4n) is 3.85. The van der Waals surface area contributed by atoms with Crippen LogP contribution in [0, 0.1) is 11.3 Å². The Morgan fingerprint density at radius 2 is 2.09 bits per heavy atom. The summed E-state index contributed by atoms with van der Waals surface area (Å²) in [4.78, 5) is 18.3. The Morgan fingerprint density at radius 1 is 1.30 bits per heavy atom. The molecule has 1 amide bonds. The summed E-state index contributed by atoms with van der Waals surface area (Å²) in [7, 11) is 1.65. The van der Waals surface area contributed by atoms with Crippen molar-refractivity contribution in [2.75, 3.05) is 19.0 Å². The molecule has 0 radical (unpaired) electrons. The van der Waals surface area contributed by atoms with Crippen molar-refractivity contribution in [1.82, 2.24) is 19.7 Å². The molecule has 0 spiro atoms. The molecule has 1 atom stereocenters. The Labute approximate surface area is 201 Å². The van der Waals surface area contributed by atoms with Gasteiger partial charge in [-0.1, -0.05) is 18.2 Å². The summed E-state index contributed by atoms with van der Waals surface area (Å²) in [6.45, 7) is 2.90. The first-order valence-electron chi connectivity index (χ1n) is 11.0. The number of hydrogen-bond acceptors (Lipinski definition) is 8. The third kappa shape index (κ3) is 5.27. The number of amides is 1. The van der Waals surface area contributed by atoms with Gasteiger partial charge in [0.15, 0.2) is 11.0 Å². The smallest absolute Gasteiger partial charge is 0.238 e. The molecule has 8 nitrogen and oxygen atoms in total. The molecular weight excluding hydrogens is 456 g/mol. The van der Waals surface area contributed by atoms with Crippen LogP contribution in [0.4, 0.5) is 5.00 Å². The Bertz CT molecular complexity index is 1150. The van der Waals surface area contributed by atoms with Gasteiger partial charge in [0.25, 0.3) is 0 Å². The molecule has 1 aliphatic carbocycles. The summed E-state index contributed by atoms with van der Waals surface area (Å²) >= 11 is 2.89. The summed E-state index contributed by atoms with van der Waals surface area (Å²) in [6, 6.07) is 6.08. The number of aryl methyl sites for hydroxylation is 1. The lowest BCUT2D eigenvalue weighted by molar-refractivity contribution is -0.115. The van der Waals surface area contributed by atoms with E-state index in [0.717, 1.165) is 36.8 Å². The molecule has 0 bridgehead atoms. The van der Waals surface area contributed by atoms with E-state index in [1.807, 2.05) is 23.6 Å². The Morgan fingerprint density at radius 3 is 2.85 bits per heavy atom. The molecule has 0 saturated carbocycles. The Kier molecular flexibility index (Phi) is 7.75. The van der Waals surface area contributed by atoms with Gasteiger partial charge >= 0.3 is 0 Å². The number of nitriles is 1. The highest BCUT2D eigenvalue weighted by Gasteiger charge is 2.25. The predicted molar refractivity (Wildman–Crippen MR) is 129 cm³/mol. The molecule has 1 N–H and O–H groups in total. The van der Waals surface area contributed by atoms with Gasteiger partial charge in [-0.15, -0.1) is 21.5 Å². The van der Waals surface area contributed by atoms with E-state index in [4.69, 9.17) is 4.74 Å². The van der Waals surface area contributed by atoms with Crippen molar-refractivity contribution in [1.29, 1.82) is 5.26 Å². The number of fused-ring (bicyclic) bond motifs is 1. The average Bonchev–Trinajstić information content (AvgIpc) is 3.29. The van der Waals surface area contributed by atoms with E-state index < -0.39 is 5.25 Å². The molecule has 0 saturated heterocycles. The molecule has 33 heavy (non-hydrogen) atoms. The van der Waals surface area contributed by atoms with E-state index in [1.165, 1.54) is 23.1 Å². The maximum Gasteiger partial charge on any atom is 0.238 e. The second-order valence-electron chi connectivity index (χ2n) is 7.82. The van der Waals surface area contributed by atoms with Crippen LogP contribution >= 0.6 is 23.1 Å². The van der Waals surface area contributed by atoms with Crippen LogP contribution in [0.5, 0.6) is 0 Å². The van der Waals surface area contributed by atoms with E-state index in [2.05, 4.69) is 26.6 Å². The SMILES string of the molecule is COCCn1c(SC(C)C(=O)Nc2sc3c(c2C#N)CCCCC3)nnc1-c1ccncc1. The third-order valence-electron chi connectivity index (χ3n) is 5.60. The fraction of sp³-hybridized carbons (Fsp3) is 0.435. The number of nitrogens with one attached hydrogen (secondary N) is 1. The average molecular weight is 483 g/mol. The monoisotopic (exact) mass is 482 g/mol. The van der Waals surface area contributed by atoms with Crippen molar-refractivity contribution >= 4 is 34.0 Å². The maximum absolute atomic E-state index is 13.0.